The van der Waals surface area contributed by atoms with E-state index in [0.717, 1.165) is 12.8 Å². The van der Waals surface area contributed by atoms with Crippen molar-refractivity contribution >= 4 is 5.91 Å². The van der Waals surface area contributed by atoms with Crippen LogP contribution in [-0.2, 0) is 0 Å². The fourth-order valence-corrected chi connectivity index (χ4v) is 2.09. The highest BCUT2D eigenvalue weighted by atomic mass is 16.5. The lowest BCUT2D eigenvalue weighted by molar-refractivity contribution is 0.0946. The first-order valence-electron chi connectivity index (χ1n) is 7.23. The van der Waals surface area contributed by atoms with E-state index in [0.29, 0.717) is 23.6 Å². The largest absolute Gasteiger partial charge is 0.496 e. The second-order valence-electron chi connectivity index (χ2n) is 4.71. The topological polar surface area (TPSA) is 47.6 Å². The van der Waals surface area contributed by atoms with Crippen molar-refractivity contribution in [3.63, 3.8) is 0 Å². The lowest BCUT2D eigenvalue weighted by atomic mass is 10.1. The normalized spacial score (nSPS) is 10.2. The van der Waals surface area contributed by atoms with Gasteiger partial charge in [0.2, 0.25) is 0 Å². The number of carbonyl (C=O) groups is 1. The monoisotopic (exact) mass is 279 g/mol. The van der Waals surface area contributed by atoms with E-state index in [1.54, 1.807) is 32.4 Å². The molecule has 20 heavy (non-hydrogen) atoms. The molecule has 0 saturated carbocycles. The number of methoxy groups -OCH3 is 2. The summed E-state index contributed by atoms with van der Waals surface area (Å²) in [5.74, 6) is 0.926. The predicted molar refractivity (Wildman–Crippen MR) is 80.6 cm³/mol. The van der Waals surface area contributed by atoms with Crippen LogP contribution in [0.15, 0.2) is 18.2 Å². The number of hydrogen-bond donors (Lipinski definition) is 1. The molecule has 1 aromatic rings. The molecule has 4 nitrogen and oxygen atoms in total. The summed E-state index contributed by atoms with van der Waals surface area (Å²) >= 11 is 0. The molecule has 1 aromatic carbocycles. The van der Waals surface area contributed by atoms with Crippen molar-refractivity contribution < 1.29 is 14.3 Å². The van der Waals surface area contributed by atoms with Crippen molar-refractivity contribution in [2.75, 3.05) is 20.8 Å². The highest BCUT2D eigenvalue weighted by molar-refractivity contribution is 5.99. The summed E-state index contributed by atoms with van der Waals surface area (Å²) in [5.41, 5.74) is 0.464. The molecule has 0 fully saturated rings. The van der Waals surface area contributed by atoms with Gasteiger partial charge in [0.05, 0.1) is 14.2 Å². The maximum Gasteiger partial charge on any atom is 0.258 e. The van der Waals surface area contributed by atoms with Crippen LogP contribution in [0.4, 0.5) is 0 Å². The minimum absolute atomic E-state index is 0.144. The third-order valence-corrected chi connectivity index (χ3v) is 3.22. The Morgan fingerprint density at radius 2 is 1.65 bits per heavy atom. The van der Waals surface area contributed by atoms with Gasteiger partial charge < -0.3 is 14.8 Å². The molecular formula is C16H25NO3. The van der Waals surface area contributed by atoms with Crippen LogP contribution >= 0.6 is 0 Å². The molecule has 0 spiro atoms. The maximum absolute atomic E-state index is 12.2. The van der Waals surface area contributed by atoms with Crippen molar-refractivity contribution in [2.24, 2.45) is 0 Å². The van der Waals surface area contributed by atoms with Crippen LogP contribution in [0.5, 0.6) is 11.5 Å². The van der Waals surface area contributed by atoms with Crippen molar-refractivity contribution in [2.45, 2.75) is 39.0 Å². The number of amides is 1. The lowest BCUT2D eigenvalue weighted by Gasteiger charge is -2.12. The lowest BCUT2D eigenvalue weighted by Crippen LogP contribution is -2.25. The van der Waals surface area contributed by atoms with Gasteiger partial charge in [-0.2, -0.15) is 0 Å². The first-order valence-corrected chi connectivity index (χ1v) is 7.23. The molecule has 1 rings (SSSR count). The molecule has 112 valence electrons. The Labute approximate surface area is 121 Å². The van der Waals surface area contributed by atoms with E-state index in [4.69, 9.17) is 9.47 Å². The van der Waals surface area contributed by atoms with E-state index < -0.39 is 0 Å². The van der Waals surface area contributed by atoms with Crippen LogP contribution in [0.25, 0.3) is 0 Å². The Balaban J connectivity index is 2.54. The smallest absolute Gasteiger partial charge is 0.258 e. The zero-order valence-corrected chi connectivity index (χ0v) is 12.7. The molecule has 0 aliphatic rings. The Morgan fingerprint density at radius 3 is 2.20 bits per heavy atom. The molecule has 0 unspecified atom stereocenters. The maximum atomic E-state index is 12.2. The van der Waals surface area contributed by atoms with Crippen LogP contribution in [0.2, 0.25) is 0 Å². The van der Waals surface area contributed by atoms with E-state index in [1.807, 2.05) is 0 Å². The standard InChI is InChI=1S/C16H25NO3/c1-4-5-6-7-8-12-17-16(18)15-13(19-2)10-9-11-14(15)20-3/h9-11H,4-8,12H2,1-3H3,(H,17,18). The molecule has 4 heteroatoms. The number of rotatable bonds is 9. The van der Waals surface area contributed by atoms with Gasteiger partial charge in [0, 0.05) is 6.54 Å². The highest BCUT2D eigenvalue weighted by Gasteiger charge is 2.17. The number of nitrogens with one attached hydrogen (secondary N) is 1. The van der Waals surface area contributed by atoms with Gasteiger partial charge in [-0.15, -0.1) is 0 Å². The van der Waals surface area contributed by atoms with E-state index in [2.05, 4.69) is 12.2 Å². The zero-order valence-electron chi connectivity index (χ0n) is 12.7. The summed E-state index contributed by atoms with van der Waals surface area (Å²) in [6.07, 6.45) is 5.86. The van der Waals surface area contributed by atoms with Gasteiger partial charge in [-0.3, -0.25) is 4.79 Å². The van der Waals surface area contributed by atoms with Crippen molar-refractivity contribution in [1.29, 1.82) is 0 Å². The molecule has 0 saturated heterocycles. The molecule has 0 aliphatic carbocycles. The molecule has 0 radical (unpaired) electrons. The third-order valence-electron chi connectivity index (χ3n) is 3.22. The molecule has 0 atom stereocenters. The number of carbonyl (C=O) groups excluding carboxylic acids is 1. The van der Waals surface area contributed by atoms with Crippen LogP contribution in [0.3, 0.4) is 0 Å². The Hall–Kier alpha value is -1.71. The van der Waals surface area contributed by atoms with Gasteiger partial charge in [-0.05, 0) is 18.6 Å². The summed E-state index contributed by atoms with van der Waals surface area (Å²) in [6.45, 7) is 2.87. The fraction of sp³-hybridized carbons (Fsp3) is 0.562. The second-order valence-corrected chi connectivity index (χ2v) is 4.71. The molecule has 0 bridgehead atoms. The van der Waals surface area contributed by atoms with Gasteiger partial charge in [-0.25, -0.2) is 0 Å². The zero-order chi connectivity index (χ0) is 14.8. The van der Waals surface area contributed by atoms with E-state index in [-0.39, 0.29) is 5.91 Å². The third kappa shape index (κ3) is 4.76. The summed E-state index contributed by atoms with van der Waals surface area (Å²) in [4.78, 5) is 12.2. The predicted octanol–water partition coefficient (Wildman–Crippen LogP) is 3.40. The van der Waals surface area contributed by atoms with Gasteiger partial charge in [0.1, 0.15) is 17.1 Å². The summed E-state index contributed by atoms with van der Waals surface area (Å²) in [5, 5.41) is 2.93. The average Bonchev–Trinajstić information content (AvgIpc) is 2.49. The number of unbranched alkanes of at least 4 members (excludes halogenated alkanes) is 4. The van der Waals surface area contributed by atoms with Crippen molar-refractivity contribution in [3.8, 4) is 11.5 Å². The Kier molecular flexibility index (Phi) is 7.55. The number of ether oxygens (including phenoxy) is 2. The number of benzene rings is 1. The Bertz CT molecular complexity index is 396. The molecule has 1 amide bonds. The summed E-state index contributed by atoms with van der Waals surface area (Å²) in [6, 6.07) is 5.33. The van der Waals surface area contributed by atoms with Gasteiger partial charge in [0.15, 0.2) is 0 Å². The summed E-state index contributed by atoms with van der Waals surface area (Å²) in [7, 11) is 3.10. The molecule has 0 aliphatic heterocycles. The molecular weight excluding hydrogens is 254 g/mol. The number of hydrogen-bond acceptors (Lipinski definition) is 3. The average molecular weight is 279 g/mol. The first-order chi connectivity index (χ1) is 9.74. The minimum Gasteiger partial charge on any atom is -0.496 e. The molecule has 0 aromatic heterocycles. The molecule has 1 N–H and O–H groups in total. The van der Waals surface area contributed by atoms with E-state index in [9.17, 15) is 4.79 Å². The van der Waals surface area contributed by atoms with E-state index in [1.165, 1.54) is 19.3 Å². The van der Waals surface area contributed by atoms with E-state index >= 15 is 0 Å². The fourth-order valence-electron chi connectivity index (χ4n) is 2.09. The minimum atomic E-state index is -0.144. The molecule has 0 heterocycles. The van der Waals surface area contributed by atoms with Gasteiger partial charge >= 0.3 is 0 Å². The highest BCUT2D eigenvalue weighted by Crippen LogP contribution is 2.27. The first kappa shape index (κ1) is 16.3. The second kappa shape index (κ2) is 9.23. The quantitative estimate of drug-likeness (QED) is 0.705. The van der Waals surface area contributed by atoms with Gasteiger partial charge in [-0.1, -0.05) is 38.7 Å². The Morgan fingerprint density at radius 1 is 1.05 bits per heavy atom. The van der Waals surface area contributed by atoms with Crippen molar-refractivity contribution in [1.82, 2.24) is 5.32 Å². The SMILES string of the molecule is CCCCCCCNC(=O)c1c(OC)cccc1OC. The van der Waals surface area contributed by atoms with Crippen LogP contribution in [-0.4, -0.2) is 26.7 Å². The van der Waals surface area contributed by atoms with Gasteiger partial charge in [0.25, 0.3) is 5.91 Å². The summed E-state index contributed by atoms with van der Waals surface area (Å²) < 4.78 is 10.5. The van der Waals surface area contributed by atoms with Crippen LogP contribution in [0.1, 0.15) is 49.4 Å². The van der Waals surface area contributed by atoms with Crippen molar-refractivity contribution in [3.05, 3.63) is 23.8 Å². The van der Waals surface area contributed by atoms with Crippen LogP contribution < -0.4 is 14.8 Å². The van der Waals surface area contributed by atoms with Crippen LogP contribution in [0, 0.1) is 0 Å².